The maximum absolute atomic E-state index is 12.9. The molecule has 3 N–H and O–H groups in total. The molecule has 1 fully saturated rings. The Labute approximate surface area is 185 Å². The van der Waals surface area contributed by atoms with Crippen molar-refractivity contribution in [3.63, 3.8) is 0 Å². The Morgan fingerprint density at radius 2 is 1.77 bits per heavy atom. The van der Waals surface area contributed by atoms with Crippen LogP contribution in [-0.2, 0) is 0 Å². The van der Waals surface area contributed by atoms with Crippen molar-refractivity contribution in [3.8, 4) is 11.3 Å². The first kappa shape index (κ1) is 20.5. The first-order chi connectivity index (χ1) is 15.0. The summed E-state index contributed by atoms with van der Waals surface area (Å²) in [6, 6.07) is 16.3. The zero-order valence-corrected chi connectivity index (χ0v) is 17.3. The number of benzene rings is 2. The van der Waals surface area contributed by atoms with Crippen LogP contribution in [0.25, 0.3) is 11.3 Å². The zero-order chi connectivity index (χ0) is 21.8. The number of amides is 2. The van der Waals surface area contributed by atoms with Gasteiger partial charge in [-0.15, -0.1) is 0 Å². The Balaban J connectivity index is 0.00000193. The third kappa shape index (κ3) is 4.70. The van der Waals surface area contributed by atoms with Crippen LogP contribution < -0.4 is 11.1 Å². The molecule has 31 heavy (non-hydrogen) atoms. The smallest absolute Gasteiger partial charge is 0.278 e. The standard InChI is InChI=1S/C23H24N6O2.3H2/c1-28-10-12-29(13-11-28)23(31)17-7-5-6-16(14-17)19-15-25-21(24)20(27-19)22(30)26-18-8-3-2-4-9-18;;;/h2-9,14-15H,10-13H2,1H3,(H2,24,25)(H,26,30);3*1H. The molecule has 0 saturated carbocycles. The van der Waals surface area contributed by atoms with E-state index >= 15 is 0 Å². The van der Waals surface area contributed by atoms with Crippen LogP contribution in [0.3, 0.4) is 0 Å². The van der Waals surface area contributed by atoms with Crippen LogP contribution in [0, 0.1) is 0 Å². The van der Waals surface area contributed by atoms with Crippen LogP contribution in [-0.4, -0.2) is 64.8 Å². The van der Waals surface area contributed by atoms with Crippen molar-refractivity contribution >= 4 is 23.3 Å². The van der Waals surface area contributed by atoms with Gasteiger partial charge >= 0.3 is 0 Å². The van der Waals surface area contributed by atoms with Gasteiger partial charge in [0, 0.05) is 47.3 Å². The number of nitrogens with zero attached hydrogens (tertiary/aromatic N) is 4. The fourth-order valence-electron chi connectivity index (χ4n) is 3.42. The van der Waals surface area contributed by atoms with E-state index < -0.39 is 5.91 Å². The van der Waals surface area contributed by atoms with Gasteiger partial charge in [-0.25, -0.2) is 9.97 Å². The largest absolute Gasteiger partial charge is 0.382 e. The summed E-state index contributed by atoms with van der Waals surface area (Å²) in [4.78, 5) is 38.2. The Bertz CT molecular complexity index is 1110. The molecule has 2 heterocycles. The Kier molecular flexibility index (Phi) is 5.90. The number of piperazine rings is 1. The zero-order valence-electron chi connectivity index (χ0n) is 17.3. The van der Waals surface area contributed by atoms with E-state index in [0.717, 1.165) is 13.1 Å². The van der Waals surface area contributed by atoms with Crippen molar-refractivity contribution in [1.29, 1.82) is 0 Å². The summed E-state index contributed by atoms with van der Waals surface area (Å²) in [7, 11) is 2.05. The van der Waals surface area contributed by atoms with E-state index in [1.54, 1.807) is 30.3 Å². The number of hydrogen-bond donors (Lipinski definition) is 2. The van der Waals surface area contributed by atoms with Crippen molar-refractivity contribution in [2.24, 2.45) is 0 Å². The van der Waals surface area contributed by atoms with Gasteiger partial charge in [0.15, 0.2) is 11.5 Å². The van der Waals surface area contributed by atoms with Gasteiger partial charge in [0.25, 0.3) is 11.8 Å². The van der Waals surface area contributed by atoms with Gasteiger partial charge in [-0.1, -0.05) is 30.3 Å². The number of aromatic nitrogens is 2. The molecule has 0 aliphatic carbocycles. The van der Waals surface area contributed by atoms with Crippen LogP contribution in [0.15, 0.2) is 60.8 Å². The van der Waals surface area contributed by atoms with E-state index in [-0.39, 0.29) is 21.7 Å². The van der Waals surface area contributed by atoms with Crippen molar-refractivity contribution in [2.45, 2.75) is 0 Å². The quantitative estimate of drug-likeness (QED) is 0.669. The highest BCUT2D eigenvalue weighted by Crippen LogP contribution is 2.21. The highest BCUT2D eigenvalue weighted by molar-refractivity contribution is 6.06. The van der Waals surface area contributed by atoms with Gasteiger partial charge in [-0.3, -0.25) is 9.59 Å². The molecular formula is C23H30N6O2. The SMILES string of the molecule is CN1CCN(C(=O)c2cccc(-c3cnc(N)c(C(=O)Nc4ccccc4)n3)c2)CC1.[HH].[HH].[HH]. The second-order valence-electron chi connectivity index (χ2n) is 7.49. The van der Waals surface area contributed by atoms with E-state index in [2.05, 4.69) is 20.2 Å². The van der Waals surface area contributed by atoms with E-state index in [1.165, 1.54) is 6.20 Å². The third-order valence-corrected chi connectivity index (χ3v) is 5.24. The maximum atomic E-state index is 12.9. The molecule has 0 bridgehead atoms. The first-order valence-electron chi connectivity index (χ1n) is 10.1. The van der Waals surface area contributed by atoms with E-state index in [9.17, 15) is 9.59 Å². The molecule has 1 aliphatic heterocycles. The first-order valence-corrected chi connectivity index (χ1v) is 10.1. The van der Waals surface area contributed by atoms with Crippen LogP contribution >= 0.6 is 0 Å². The number of carbonyl (C=O) groups excluding carboxylic acids is 2. The fraction of sp³-hybridized carbons (Fsp3) is 0.217. The minimum atomic E-state index is -0.442. The summed E-state index contributed by atoms with van der Waals surface area (Å²) in [6.07, 6.45) is 1.51. The fourth-order valence-corrected chi connectivity index (χ4v) is 3.42. The van der Waals surface area contributed by atoms with Crippen LogP contribution in [0.5, 0.6) is 0 Å². The molecule has 0 atom stereocenters. The second-order valence-corrected chi connectivity index (χ2v) is 7.49. The molecule has 164 valence electrons. The molecule has 8 heteroatoms. The van der Waals surface area contributed by atoms with E-state index in [1.807, 2.05) is 36.2 Å². The molecule has 1 saturated heterocycles. The molecule has 8 nitrogen and oxygen atoms in total. The minimum Gasteiger partial charge on any atom is -0.382 e. The summed E-state index contributed by atoms with van der Waals surface area (Å²) in [5, 5.41) is 2.77. The van der Waals surface area contributed by atoms with Gasteiger partial charge in [-0.2, -0.15) is 0 Å². The second kappa shape index (κ2) is 8.93. The average Bonchev–Trinajstić information content (AvgIpc) is 2.80. The van der Waals surface area contributed by atoms with Gasteiger partial charge in [0.05, 0.1) is 11.9 Å². The molecule has 2 amide bonds. The van der Waals surface area contributed by atoms with Crippen molar-refractivity contribution in [2.75, 3.05) is 44.3 Å². The number of rotatable bonds is 4. The maximum Gasteiger partial charge on any atom is 0.278 e. The van der Waals surface area contributed by atoms with Crippen molar-refractivity contribution in [3.05, 3.63) is 72.1 Å². The van der Waals surface area contributed by atoms with E-state index in [4.69, 9.17) is 5.73 Å². The van der Waals surface area contributed by atoms with Gasteiger partial charge in [0.1, 0.15) is 0 Å². The lowest BCUT2D eigenvalue weighted by molar-refractivity contribution is 0.0664. The topological polar surface area (TPSA) is 104 Å². The lowest BCUT2D eigenvalue weighted by Crippen LogP contribution is -2.47. The van der Waals surface area contributed by atoms with Crippen molar-refractivity contribution < 1.29 is 13.9 Å². The summed E-state index contributed by atoms with van der Waals surface area (Å²) in [5.74, 6) is -0.412. The Hall–Kier alpha value is -3.78. The van der Waals surface area contributed by atoms with E-state index in [0.29, 0.717) is 35.6 Å². The van der Waals surface area contributed by atoms with Crippen LogP contribution in [0.1, 0.15) is 25.1 Å². The highest BCUT2D eigenvalue weighted by Gasteiger charge is 2.21. The Morgan fingerprint density at radius 3 is 2.52 bits per heavy atom. The summed E-state index contributed by atoms with van der Waals surface area (Å²) < 4.78 is 0. The number of nitrogens with two attached hydrogens (primary N) is 1. The number of anilines is 2. The number of nitrogen functional groups attached to an aromatic ring is 1. The average molecular weight is 423 g/mol. The summed E-state index contributed by atoms with van der Waals surface area (Å²) in [6.45, 7) is 3.11. The molecule has 1 aliphatic rings. The van der Waals surface area contributed by atoms with Gasteiger partial charge in [0.2, 0.25) is 0 Å². The molecule has 2 aromatic carbocycles. The molecule has 0 spiro atoms. The molecule has 1 aromatic heterocycles. The lowest BCUT2D eigenvalue weighted by atomic mass is 10.1. The van der Waals surface area contributed by atoms with Crippen LogP contribution in [0.4, 0.5) is 11.5 Å². The highest BCUT2D eigenvalue weighted by atomic mass is 16.2. The molecular weight excluding hydrogens is 392 g/mol. The molecule has 3 aromatic rings. The number of para-hydroxylation sites is 1. The molecule has 4 rings (SSSR count). The van der Waals surface area contributed by atoms with Crippen LogP contribution in [0.2, 0.25) is 0 Å². The predicted molar refractivity (Wildman–Crippen MR) is 126 cm³/mol. The molecule has 0 unspecified atom stereocenters. The van der Waals surface area contributed by atoms with Crippen molar-refractivity contribution in [1.82, 2.24) is 19.8 Å². The minimum absolute atomic E-state index is 0. The summed E-state index contributed by atoms with van der Waals surface area (Å²) >= 11 is 0. The number of nitrogens with one attached hydrogen (secondary N) is 1. The number of hydrogen-bond acceptors (Lipinski definition) is 6. The third-order valence-electron chi connectivity index (χ3n) is 5.24. The Morgan fingerprint density at radius 1 is 1.03 bits per heavy atom. The summed E-state index contributed by atoms with van der Waals surface area (Å²) in [5.41, 5.74) is 8.33. The monoisotopic (exact) mass is 422 g/mol. The number of carbonyl (C=O) groups is 2. The normalized spacial score (nSPS) is 14.3. The lowest BCUT2D eigenvalue weighted by Gasteiger charge is -2.32. The molecule has 0 radical (unpaired) electrons. The number of likely N-dealkylation sites (N-methyl/N-ethyl adjacent to an activating group) is 1. The van der Waals surface area contributed by atoms with Gasteiger partial charge in [-0.05, 0) is 31.3 Å². The van der Waals surface area contributed by atoms with Gasteiger partial charge < -0.3 is 20.9 Å². The predicted octanol–water partition coefficient (Wildman–Crippen LogP) is 3.10.